The van der Waals surface area contributed by atoms with Gasteiger partial charge in [-0.2, -0.15) is 0 Å². The van der Waals surface area contributed by atoms with Gasteiger partial charge in [-0.1, -0.05) is 34.1 Å². The number of carboxylic acid groups (broad SMARTS) is 1. The van der Waals surface area contributed by atoms with Crippen molar-refractivity contribution in [2.24, 2.45) is 17.6 Å². The van der Waals surface area contributed by atoms with E-state index in [2.05, 4.69) is 16.0 Å². The standard InChI is InChI=1S/C17H32N4O7/c1-5-9(4)12(18)16(26)20-10(6-22)14(24)19-11(7-23)15(25)21-13(8(2)3)17(27)28/h8-13,22-23H,5-7,18H2,1-4H3,(H,19,24)(H,20,26)(H,21,25)(H,27,28). The van der Waals surface area contributed by atoms with Gasteiger partial charge in [0.15, 0.2) is 0 Å². The van der Waals surface area contributed by atoms with Gasteiger partial charge < -0.3 is 37.0 Å². The zero-order valence-corrected chi connectivity index (χ0v) is 16.6. The summed E-state index contributed by atoms with van der Waals surface area (Å²) in [6.07, 6.45) is 0.637. The first-order valence-corrected chi connectivity index (χ1v) is 9.11. The summed E-state index contributed by atoms with van der Waals surface area (Å²) in [6, 6.07) is -4.93. The molecule has 0 aromatic heterocycles. The number of aliphatic hydroxyl groups is 2. The van der Waals surface area contributed by atoms with E-state index in [-0.39, 0.29) is 5.92 Å². The zero-order valence-electron chi connectivity index (χ0n) is 16.6. The average Bonchev–Trinajstić information content (AvgIpc) is 2.65. The third-order valence-electron chi connectivity index (χ3n) is 4.42. The number of aliphatic hydroxyl groups excluding tert-OH is 2. The minimum Gasteiger partial charge on any atom is -0.480 e. The van der Waals surface area contributed by atoms with Gasteiger partial charge in [-0.25, -0.2) is 4.79 Å². The van der Waals surface area contributed by atoms with Crippen molar-refractivity contribution in [1.29, 1.82) is 0 Å². The Morgan fingerprint density at radius 2 is 1.29 bits per heavy atom. The smallest absolute Gasteiger partial charge is 0.326 e. The number of nitrogens with two attached hydrogens (primary N) is 1. The monoisotopic (exact) mass is 404 g/mol. The number of nitrogens with one attached hydrogen (secondary N) is 3. The lowest BCUT2D eigenvalue weighted by atomic mass is 9.99. The van der Waals surface area contributed by atoms with Crippen molar-refractivity contribution in [3.8, 4) is 0 Å². The molecular weight excluding hydrogens is 372 g/mol. The molecule has 5 atom stereocenters. The number of aliphatic carboxylic acids is 1. The summed E-state index contributed by atoms with van der Waals surface area (Å²) in [5.41, 5.74) is 5.78. The lowest BCUT2D eigenvalue weighted by molar-refractivity contribution is -0.144. The predicted molar refractivity (Wildman–Crippen MR) is 99.9 cm³/mol. The number of rotatable bonds is 12. The van der Waals surface area contributed by atoms with Crippen LogP contribution in [0.1, 0.15) is 34.1 Å². The molecule has 0 rings (SSSR count). The minimum atomic E-state index is -1.46. The molecular formula is C17H32N4O7. The third-order valence-corrected chi connectivity index (χ3v) is 4.42. The molecule has 162 valence electrons. The quantitative estimate of drug-likeness (QED) is 0.186. The first-order valence-electron chi connectivity index (χ1n) is 9.11. The largest absolute Gasteiger partial charge is 0.480 e. The molecule has 0 aromatic rings. The molecule has 3 amide bonds. The van der Waals surface area contributed by atoms with Crippen molar-refractivity contribution in [3.05, 3.63) is 0 Å². The molecule has 5 unspecified atom stereocenters. The molecule has 0 radical (unpaired) electrons. The van der Waals surface area contributed by atoms with Crippen LogP contribution in [0.4, 0.5) is 0 Å². The van der Waals surface area contributed by atoms with Gasteiger partial charge in [-0.05, 0) is 11.8 Å². The number of carboxylic acids is 1. The molecule has 0 heterocycles. The highest BCUT2D eigenvalue weighted by Gasteiger charge is 2.31. The number of amides is 3. The molecule has 28 heavy (non-hydrogen) atoms. The third kappa shape index (κ3) is 7.79. The summed E-state index contributed by atoms with van der Waals surface area (Å²) < 4.78 is 0. The average molecular weight is 404 g/mol. The number of hydrogen-bond acceptors (Lipinski definition) is 7. The van der Waals surface area contributed by atoms with Crippen molar-refractivity contribution in [1.82, 2.24) is 16.0 Å². The van der Waals surface area contributed by atoms with Gasteiger partial charge >= 0.3 is 5.97 Å². The highest BCUT2D eigenvalue weighted by Crippen LogP contribution is 2.06. The molecule has 0 saturated carbocycles. The Morgan fingerprint density at radius 1 is 0.857 bits per heavy atom. The molecule has 0 aliphatic rings. The number of carbonyl (C=O) groups is 4. The van der Waals surface area contributed by atoms with Gasteiger partial charge in [0.1, 0.15) is 18.1 Å². The van der Waals surface area contributed by atoms with E-state index in [9.17, 15) is 29.4 Å². The van der Waals surface area contributed by atoms with E-state index >= 15 is 0 Å². The Balaban J connectivity index is 5.02. The second kappa shape index (κ2) is 12.3. The highest BCUT2D eigenvalue weighted by molar-refractivity contribution is 5.94. The van der Waals surface area contributed by atoms with Crippen LogP contribution in [-0.2, 0) is 19.2 Å². The topological polar surface area (TPSA) is 191 Å². The summed E-state index contributed by atoms with van der Waals surface area (Å²) in [7, 11) is 0. The molecule has 11 heteroatoms. The van der Waals surface area contributed by atoms with E-state index in [0.717, 1.165) is 0 Å². The summed E-state index contributed by atoms with van der Waals surface area (Å²) >= 11 is 0. The highest BCUT2D eigenvalue weighted by atomic mass is 16.4. The fourth-order valence-electron chi connectivity index (χ4n) is 2.21. The van der Waals surface area contributed by atoms with Crippen molar-refractivity contribution in [3.63, 3.8) is 0 Å². The molecule has 0 aromatic carbocycles. The Hall–Kier alpha value is -2.24. The number of carbonyl (C=O) groups excluding carboxylic acids is 3. The van der Waals surface area contributed by atoms with Crippen LogP contribution in [0.3, 0.4) is 0 Å². The van der Waals surface area contributed by atoms with E-state index in [4.69, 9.17) is 10.8 Å². The molecule has 0 aliphatic heterocycles. The minimum absolute atomic E-state index is 0.151. The normalized spacial score (nSPS) is 16.4. The van der Waals surface area contributed by atoms with Crippen LogP contribution >= 0.6 is 0 Å². The van der Waals surface area contributed by atoms with Crippen molar-refractivity contribution >= 4 is 23.7 Å². The summed E-state index contributed by atoms with van der Waals surface area (Å²) in [6.45, 7) is 5.22. The van der Waals surface area contributed by atoms with E-state index in [0.29, 0.717) is 6.42 Å². The van der Waals surface area contributed by atoms with Gasteiger partial charge in [0.05, 0.1) is 19.3 Å². The van der Waals surface area contributed by atoms with Gasteiger partial charge in [0.25, 0.3) is 0 Å². The summed E-state index contributed by atoms with van der Waals surface area (Å²) in [4.78, 5) is 47.7. The van der Waals surface area contributed by atoms with E-state index in [1.807, 2.05) is 6.92 Å². The van der Waals surface area contributed by atoms with Crippen LogP contribution in [0.2, 0.25) is 0 Å². The molecule has 8 N–H and O–H groups in total. The molecule has 0 bridgehead atoms. The number of hydrogen-bond donors (Lipinski definition) is 7. The van der Waals surface area contributed by atoms with Crippen LogP contribution in [-0.4, -0.2) is 76.4 Å². The van der Waals surface area contributed by atoms with Crippen molar-refractivity contribution in [2.45, 2.75) is 58.3 Å². The van der Waals surface area contributed by atoms with Crippen LogP contribution in [0, 0.1) is 11.8 Å². The second-order valence-electron chi connectivity index (χ2n) is 6.97. The lowest BCUT2D eigenvalue weighted by Crippen LogP contribution is -2.59. The first kappa shape index (κ1) is 25.8. The molecule has 0 spiro atoms. The fraction of sp³-hybridized carbons (Fsp3) is 0.765. The molecule has 0 saturated heterocycles. The maximum atomic E-state index is 12.3. The summed E-state index contributed by atoms with van der Waals surface area (Å²) in [5.74, 6) is -4.30. The Morgan fingerprint density at radius 3 is 1.64 bits per heavy atom. The van der Waals surface area contributed by atoms with Crippen LogP contribution < -0.4 is 21.7 Å². The Labute approximate surface area is 164 Å². The Bertz CT molecular complexity index is 556. The first-order chi connectivity index (χ1) is 13.0. The van der Waals surface area contributed by atoms with Gasteiger partial charge in [0, 0.05) is 0 Å². The lowest BCUT2D eigenvalue weighted by Gasteiger charge is -2.25. The van der Waals surface area contributed by atoms with Crippen molar-refractivity contribution in [2.75, 3.05) is 13.2 Å². The van der Waals surface area contributed by atoms with Crippen LogP contribution in [0.15, 0.2) is 0 Å². The molecule has 0 fully saturated rings. The zero-order chi connectivity index (χ0) is 22.0. The second-order valence-corrected chi connectivity index (χ2v) is 6.97. The summed E-state index contributed by atoms with van der Waals surface area (Å²) in [5, 5.41) is 34.6. The van der Waals surface area contributed by atoms with Gasteiger partial charge in [-0.15, -0.1) is 0 Å². The molecule has 0 aliphatic carbocycles. The van der Waals surface area contributed by atoms with Crippen molar-refractivity contribution < 1.29 is 34.5 Å². The maximum Gasteiger partial charge on any atom is 0.326 e. The maximum absolute atomic E-state index is 12.3. The van der Waals surface area contributed by atoms with E-state index in [1.165, 1.54) is 0 Å². The fourth-order valence-corrected chi connectivity index (χ4v) is 2.21. The van der Waals surface area contributed by atoms with E-state index in [1.54, 1.807) is 20.8 Å². The predicted octanol–water partition coefficient (Wildman–Crippen LogP) is -2.46. The van der Waals surface area contributed by atoms with E-state index < -0.39 is 67.0 Å². The molecule has 11 nitrogen and oxygen atoms in total. The van der Waals surface area contributed by atoms with Gasteiger partial charge in [0.2, 0.25) is 17.7 Å². The van der Waals surface area contributed by atoms with Gasteiger partial charge in [-0.3, -0.25) is 14.4 Å². The van der Waals surface area contributed by atoms with Crippen LogP contribution in [0.5, 0.6) is 0 Å². The van der Waals surface area contributed by atoms with Crippen LogP contribution in [0.25, 0.3) is 0 Å². The SMILES string of the molecule is CCC(C)C(N)C(=O)NC(CO)C(=O)NC(CO)C(=O)NC(C(=O)O)C(C)C. The Kier molecular flexibility index (Phi) is 11.3.